The van der Waals surface area contributed by atoms with Crippen LogP contribution >= 0.6 is 0 Å². The van der Waals surface area contributed by atoms with E-state index in [9.17, 15) is 4.79 Å². The molecule has 1 atom stereocenters. The first-order chi connectivity index (χ1) is 11.7. The van der Waals surface area contributed by atoms with Crippen molar-refractivity contribution in [2.45, 2.75) is 45.4 Å². The number of amides is 1. The first kappa shape index (κ1) is 19.4. The van der Waals surface area contributed by atoms with Crippen LogP contribution < -0.4 is 15.0 Å². The number of nitrogens with zero attached hydrogens (tertiary/aromatic N) is 2. The largest absolute Gasteiger partial charge is 0.496 e. The van der Waals surface area contributed by atoms with Crippen molar-refractivity contribution in [2.24, 2.45) is 0 Å². The minimum atomic E-state index is -0.472. The standard InChI is InChI=1S/C19H31N3O3/c1-19(2,3)25-18(23)20-14-10-11-22(12-14)13-15-16(21(4)5)8-7-9-17(15)24-6/h7-9,14H,10-13H2,1-6H3,(H,20,23). The number of nitrogens with one attached hydrogen (secondary N) is 1. The van der Waals surface area contributed by atoms with Gasteiger partial charge in [0.1, 0.15) is 11.4 Å². The van der Waals surface area contributed by atoms with Crippen LogP contribution in [0.15, 0.2) is 18.2 Å². The van der Waals surface area contributed by atoms with Crippen LogP contribution in [0.1, 0.15) is 32.8 Å². The molecular weight excluding hydrogens is 318 g/mol. The van der Waals surface area contributed by atoms with Crippen molar-refractivity contribution in [3.63, 3.8) is 0 Å². The van der Waals surface area contributed by atoms with Gasteiger partial charge < -0.3 is 19.7 Å². The first-order valence-corrected chi connectivity index (χ1v) is 8.74. The number of methoxy groups -OCH3 is 1. The van der Waals surface area contributed by atoms with E-state index in [2.05, 4.69) is 21.2 Å². The average Bonchev–Trinajstić information content (AvgIpc) is 2.92. The highest BCUT2D eigenvalue weighted by Gasteiger charge is 2.27. The van der Waals surface area contributed by atoms with Gasteiger partial charge in [0.05, 0.1) is 7.11 Å². The van der Waals surface area contributed by atoms with E-state index in [0.29, 0.717) is 0 Å². The maximum atomic E-state index is 11.9. The fourth-order valence-corrected chi connectivity index (χ4v) is 3.12. The monoisotopic (exact) mass is 349 g/mol. The number of carbonyl (C=O) groups is 1. The lowest BCUT2D eigenvalue weighted by atomic mass is 10.1. The van der Waals surface area contributed by atoms with E-state index < -0.39 is 5.60 Å². The van der Waals surface area contributed by atoms with Gasteiger partial charge in [-0.1, -0.05) is 6.07 Å². The van der Waals surface area contributed by atoms with Gasteiger partial charge in [-0.25, -0.2) is 4.79 Å². The quantitative estimate of drug-likeness (QED) is 0.886. The van der Waals surface area contributed by atoms with Crippen LogP contribution in [0.4, 0.5) is 10.5 Å². The highest BCUT2D eigenvalue weighted by Crippen LogP contribution is 2.30. The number of likely N-dealkylation sites (tertiary alicyclic amines) is 1. The van der Waals surface area contributed by atoms with E-state index in [-0.39, 0.29) is 12.1 Å². The van der Waals surface area contributed by atoms with E-state index in [1.165, 1.54) is 5.56 Å². The number of hydrogen-bond donors (Lipinski definition) is 1. The van der Waals surface area contributed by atoms with Crippen LogP contribution in [-0.2, 0) is 11.3 Å². The number of ether oxygens (including phenoxy) is 2. The zero-order valence-corrected chi connectivity index (χ0v) is 16.3. The Morgan fingerprint density at radius 3 is 2.68 bits per heavy atom. The maximum absolute atomic E-state index is 11.9. The maximum Gasteiger partial charge on any atom is 0.407 e. The highest BCUT2D eigenvalue weighted by molar-refractivity contribution is 5.68. The molecule has 1 aromatic carbocycles. The van der Waals surface area contributed by atoms with E-state index in [1.807, 2.05) is 47.0 Å². The van der Waals surface area contributed by atoms with Gasteiger partial charge in [0.2, 0.25) is 0 Å². The molecule has 1 heterocycles. The van der Waals surface area contributed by atoms with Crippen LogP contribution in [0.25, 0.3) is 0 Å². The molecule has 1 fully saturated rings. The molecule has 1 unspecified atom stereocenters. The van der Waals surface area contributed by atoms with Gasteiger partial charge in [0.15, 0.2) is 0 Å². The molecule has 0 saturated carbocycles. The van der Waals surface area contributed by atoms with Gasteiger partial charge in [-0.3, -0.25) is 4.90 Å². The van der Waals surface area contributed by atoms with Crippen molar-refractivity contribution in [2.75, 3.05) is 39.2 Å². The van der Waals surface area contributed by atoms with Crippen LogP contribution in [0.5, 0.6) is 5.75 Å². The van der Waals surface area contributed by atoms with Gasteiger partial charge in [-0.2, -0.15) is 0 Å². The predicted molar refractivity (Wildman–Crippen MR) is 100 cm³/mol. The van der Waals surface area contributed by atoms with Crippen LogP contribution in [0.3, 0.4) is 0 Å². The summed E-state index contributed by atoms with van der Waals surface area (Å²) in [6.07, 6.45) is 0.580. The van der Waals surface area contributed by atoms with Crippen LogP contribution in [0.2, 0.25) is 0 Å². The molecule has 1 aromatic rings. The molecule has 1 aliphatic heterocycles. The summed E-state index contributed by atoms with van der Waals surface area (Å²) in [6.45, 7) is 8.16. The summed E-state index contributed by atoms with van der Waals surface area (Å²) in [4.78, 5) is 16.4. The number of rotatable bonds is 5. The molecule has 25 heavy (non-hydrogen) atoms. The Bertz CT molecular complexity index is 596. The summed E-state index contributed by atoms with van der Waals surface area (Å²) in [5, 5.41) is 2.97. The van der Waals surface area contributed by atoms with Crippen molar-refractivity contribution < 1.29 is 14.3 Å². The molecule has 0 aromatic heterocycles. The molecule has 1 amide bonds. The Morgan fingerprint density at radius 2 is 2.08 bits per heavy atom. The van der Waals surface area contributed by atoms with Gasteiger partial charge in [0.25, 0.3) is 0 Å². The van der Waals surface area contributed by atoms with E-state index >= 15 is 0 Å². The van der Waals surface area contributed by atoms with Gasteiger partial charge in [-0.15, -0.1) is 0 Å². The predicted octanol–water partition coefficient (Wildman–Crippen LogP) is 2.86. The summed E-state index contributed by atoms with van der Waals surface area (Å²) >= 11 is 0. The van der Waals surface area contributed by atoms with Crippen molar-refractivity contribution in [3.05, 3.63) is 23.8 Å². The summed E-state index contributed by atoms with van der Waals surface area (Å²) in [5.41, 5.74) is 1.86. The summed E-state index contributed by atoms with van der Waals surface area (Å²) in [6, 6.07) is 6.22. The molecule has 1 saturated heterocycles. The molecule has 140 valence electrons. The summed E-state index contributed by atoms with van der Waals surface area (Å²) in [7, 11) is 5.78. The second-order valence-corrected chi connectivity index (χ2v) is 7.72. The lowest BCUT2D eigenvalue weighted by Gasteiger charge is -2.24. The molecule has 1 N–H and O–H groups in total. The van der Waals surface area contributed by atoms with Crippen LogP contribution in [-0.4, -0.2) is 56.9 Å². The third-order valence-corrected chi connectivity index (χ3v) is 4.18. The number of alkyl carbamates (subject to hydrolysis) is 1. The smallest absolute Gasteiger partial charge is 0.407 e. The van der Waals surface area contributed by atoms with Gasteiger partial charge >= 0.3 is 6.09 Å². The minimum Gasteiger partial charge on any atom is -0.496 e. The average molecular weight is 349 g/mol. The van der Waals surface area contributed by atoms with Crippen molar-refractivity contribution in [1.82, 2.24) is 10.2 Å². The number of anilines is 1. The van der Waals surface area contributed by atoms with Crippen molar-refractivity contribution >= 4 is 11.8 Å². The Labute approximate surface area is 151 Å². The summed E-state index contributed by atoms with van der Waals surface area (Å²) < 4.78 is 10.9. The SMILES string of the molecule is COc1cccc(N(C)C)c1CN1CCC(NC(=O)OC(C)(C)C)C1. The lowest BCUT2D eigenvalue weighted by molar-refractivity contribution is 0.0505. The highest BCUT2D eigenvalue weighted by atomic mass is 16.6. The van der Waals surface area contributed by atoms with E-state index in [0.717, 1.165) is 37.5 Å². The Balaban J connectivity index is 1.99. The molecule has 0 bridgehead atoms. The Hall–Kier alpha value is -1.95. The number of benzene rings is 1. The fourth-order valence-electron chi connectivity index (χ4n) is 3.12. The van der Waals surface area contributed by atoms with Crippen molar-refractivity contribution in [3.8, 4) is 5.75 Å². The number of hydrogen-bond acceptors (Lipinski definition) is 5. The second-order valence-electron chi connectivity index (χ2n) is 7.72. The third kappa shape index (κ3) is 5.53. The van der Waals surface area contributed by atoms with E-state index in [1.54, 1.807) is 7.11 Å². The van der Waals surface area contributed by atoms with E-state index in [4.69, 9.17) is 9.47 Å². The third-order valence-electron chi connectivity index (χ3n) is 4.18. The topological polar surface area (TPSA) is 54.0 Å². The molecule has 2 rings (SSSR count). The van der Waals surface area contributed by atoms with Gasteiger partial charge in [0, 0.05) is 51.0 Å². The molecule has 1 aliphatic rings. The summed E-state index contributed by atoms with van der Waals surface area (Å²) in [5.74, 6) is 0.898. The molecule has 0 radical (unpaired) electrons. The molecular formula is C19H31N3O3. The van der Waals surface area contributed by atoms with Gasteiger partial charge in [-0.05, 0) is 39.3 Å². The molecule has 0 aliphatic carbocycles. The lowest BCUT2D eigenvalue weighted by Crippen LogP contribution is -2.40. The number of carbonyl (C=O) groups excluding carboxylic acids is 1. The molecule has 6 heteroatoms. The first-order valence-electron chi connectivity index (χ1n) is 8.74. The fraction of sp³-hybridized carbons (Fsp3) is 0.632. The zero-order chi connectivity index (χ0) is 18.6. The van der Waals surface area contributed by atoms with Crippen LogP contribution in [0, 0.1) is 0 Å². The second kappa shape index (κ2) is 7.95. The molecule has 6 nitrogen and oxygen atoms in total. The zero-order valence-electron chi connectivity index (χ0n) is 16.3. The van der Waals surface area contributed by atoms with Crippen molar-refractivity contribution in [1.29, 1.82) is 0 Å². The Kier molecular flexibility index (Phi) is 6.16. The minimum absolute atomic E-state index is 0.118. The molecule has 0 spiro atoms. The normalized spacial score (nSPS) is 18.1. The Morgan fingerprint density at radius 1 is 1.36 bits per heavy atom.